The number of benzene rings is 1. The van der Waals surface area contributed by atoms with Crippen molar-refractivity contribution in [2.75, 3.05) is 19.6 Å². The molecule has 0 radical (unpaired) electrons. The largest absolute Gasteiger partial charge is 0.436 e. The van der Waals surface area contributed by atoms with Crippen LogP contribution in [0.2, 0.25) is 0 Å². The van der Waals surface area contributed by atoms with Crippen LogP contribution in [0.4, 0.5) is 0 Å². The molecule has 2 heterocycles. The van der Waals surface area contributed by atoms with Gasteiger partial charge in [-0.1, -0.05) is 49.6 Å². The summed E-state index contributed by atoms with van der Waals surface area (Å²) >= 11 is 0. The minimum Gasteiger partial charge on any atom is -0.436 e. The number of amides is 1. The van der Waals surface area contributed by atoms with E-state index in [0.29, 0.717) is 22.8 Å². The maximum Gasteiger partial charge on any atom is 0.289 e. The van der Waals surface area contributed by atoms with Crippen molar-refractivity contribution < 1.29 is 9.21 Å². The van der Waals surface area contributed by atoms with Gasteiger partial charge < -0.3 is 14.6 Å². The fourth-order valence-corrected chi connectivity index (χ4v) is 5.21. The summed E-state index contributed by atoms with van der Waals surface area (Å²) in [4.78, 5) is 19.3. The number of oxazole rings is 1. The first-order chi connectivity index (χ1) is 14.1. The van der Waals surface area contributed by atoms with Crippen LogP contribution in [-0.4, -0.2) is 41.5 Å². The van der Waals surface area contributed by atoms with E-state index in [-0.39, 0.29) is 11.9 Å². The van der Waals surface area contributed by atoms with Crippen LogP contribution in [0.1, 0.15) is 72.6 Å². The molecule has 0 unspecified atom stereocenters. The third kappa shape index (κ3) is 4.55. The van der Waals surface area contributed by atoms with E-state index in [9.17, 15) is 4.79 Å². The Bertz CT molecular complexity index is 816. The van der Waals surface area contributed by atoms with Crippen LogP contribution in [0.5, 0.6) is 0 Å². The molecule has 1 aromatic carbocycles. The SMILES string of the molecule is Cc1nc(C)c(C(=O)NC2CCN(CC3(c4ccccc4)CCCCC3)CC2)o1. The zero-order valence-corrected chi connectivity index (χ0v) is 17.7. The normalized spacial score (nSPS) is 20.5. The summed E-state index contributed by atoms with van der Waals surface area (Å²) in [5.74, 6) is 0.769. The van der Waals surface area contributed by atoms with E-state index in [2.05, 4.69) is 45.5 Å². The Balaban J connectivity index is 1.35. The molecule has 1 saturated carbocycles. The Morgan fingerprint density at radius 3 is 2.45 bits per heavy atom. The second-order valence-electron chi connectivity index (χ2n) is 8.88. The number of likely N-dealkylation sites (tertiary alicyclic amines) is 1. The molecule has 0 spiro atoms. The lowest BCUT2D eigenvalue weighted by Gasteiger charge is -2.43. The summed E-state index contributed by atoms with van der Waals surface area (Å²) in [6.45, 7) is 6.80. The molecule has 0 bridgehead atoms. The number of piperidine rings is 1. The minimum atomic E-state index is -0.130. The van der Waals surface area contributed by atoms with Crippen molar-refractivity contribution >= 4 is 5.91 Å². The smallest absolute Gasteiger partial charge is 0.289 e. The van der Waals surface area contributed by atoms with Gasteiger partial charge in [0.05, 0.1) is 5.69 Å². The van der Waals surface area contributed by atoms with E-state index >= 15 is 0 Å². The molecule has 1 aliphatic carbocycles. The van der Waals surface area contributed by atoms with Crippen molar-refractivity contribution in [1.29, 1.82) is 0 Å². The highest BCUT2D eigenvalue weighted by Gasteiger charge is 2.36. The lowest BCUT2D eigenvalue weighted by molar-refractivity contribution is 0.0862. The summed E-state index contributed by atoms with van der Waals surface area (Å²) < 4.78 is 5.47. The molecular weight excluding hydrogens is 362 g/mol. The average Bonchev–Trinajstić information content (AvgIpc) is 3.09. The second-order valence-corrected chi connectivity index (χ2v) is 8.88. The predicted molar refractivity (Wildman–Crippen MR) is 114 cm³/mol. The maximum atomic E-state index is 12.5. The van der Waals surface area contributed by atoms with Gasteiger partial charge in [0.2, 0.25) is 5.76 Å². The van der Waals surface area contributed by atoms with Gasteiger partial charge in [0, 0.05) is 38.0 Å². The number of aromatic nitrogens is 1. The number of hydrogen-bond donors (Lipinski definition) is 1. The van der Waals surface area contributed by atoms with E-state index in [0.717, 1.165) is 32.5 Å². The first kappa shape index (κ1) is 20.1. The van der Waals surface area contributed by atoms with Crippen LogP contribution >= 0.6 is 0 Å². The van der Waals surface area contributed by atoms with Gasteiger partial charge >= 0.3 is 0 Å². The molecular formula is C24H33N3O2. The predicted octanol–water partition coefficient (Wildman–Crippen LogP) is 4.39. The molecule has 156 valence electrons. The van der Waals surface area contributed by atoms with Crippen LogP contribution in [0.3, 0.4) is 0 Å². The van der Waals surface area contributed by atoms with E-state index in [1.807, 2.05) is 6.92 Å². The van der Waals surface area contributed by atoms with Gasteiger partial charge in [0.25, 0.3) is 5.91 Å². The van der Waals surface area contributed by atoms with Gasteiger partial charge in [-0.2, -0.15) is 0 Å². The molecule has 5 nitrogen and oxygen atoms in total. The van der Waals surface area contributed by atoms with Crippen molar-refractivity contribution in [1.82, 2.24) is 15.2 Å². The zero-order valence-electron chi connectivity index (χ0n) is 17.7. The molecule has 1 amide bonds. The summed E-state index contributed by atoms with van der Waals surface area (Å²) in [6, 6.07) is 11.3. The van der Waals surface area contributed by atoms with Crippen molar-refractivity contribution in [3.8, 4) is 0 Å². The van der Waals surface area contributed by atoms with Gasteiger partial charge in [-0.05, 0) is 38.2 Å². The monoisotopic (exact) mass is 395 g/mol. The standard InChI is InChI=1S/C24H33N3O2/c1-18-22(29-19(2)25-18)23(28)26-21-11-15-27(16-12-21)17-24(13-7-4-8-14-24)20-9-5-3-6-10-20/h3,5-6,9-10,21H,4,7-8,11-17H2,1-2H3,(H,26,28). The zero-order chi connectivity index (χ0) is 20.3. The molecule has 5 heteroatoms. The molecule has 29 heavy (non-hydrogen) atoms. The van der Waals surface area contributed by atoms with Gasteiger partial charge in [0.1, 0.15) is 0 Å². The Hall–Kier alpha value is -2.14. The molecule has 1 N–H and O–H groups in total. The fraction of sp³-hybridized carbons (Fsp3) is 0.583. The minimum absolute atomic E-state index is 0.130. The van der Waals surface area contributed by atoms with Crippen molar-refractivity contribution in [3.63, 3.8) is 0 Å². The molecule has 4 rings (SSSR count). The average molecular weight is 396 g/mol. The van der Waals surface area contributed by atoms with Crippen LogP contribution in [0.25, 0.3) is 0 Å². The molecule has 2 fully saturated rings. The molecule has 0 atom stereocenters. The van der Waals surface area contributed by atoms with Crippen molar-refractivity contribution in [2.45, 2.75) is 70.3 Å². The molecule has 2 aromatic rings. The van der Waals surface area contributed by atoms with Crippen LogP contribution in [0, 0.1) is 13.8 Å². The van der Waals surface area contributed by atoms with Crippen molar-refractivity contribution in [2.24, 2.45) is 0 Å². The third-order valence-corrected chi connectivity index (χ3v) is 6.76. The Kier molecular flexibility index (Phi) is 6.04. The number of nitrogens with one attached hydrogen (secondary N) is 1. The number of carbonyl (C=O) groups is 1. The van der Waals surface area contributed by atoms with Gasteiger partial charge in [0.15, 0.2) is 5.89 Å². The second kappa shape index (κ2) is 8.70. The van der Waals surface area contributed by atoms with E-state index in [1.54, 1.807) is 6.92 Å². The highest BCUT2D eigenvalue weighted by Crippen LogP contribution is 2.40. The van der Waals surface area contributed by atoms with Gasteiger partial charge in [-0.3, -0.25) is 4.79 Å². The number of nitrogens with zero attached hydrogens (tertiary/aromatic N) is 2. The molecule has 2 aliphatic rings. The fourth-order valence-electron chi connectivity index (χ4n) is 5.21. The summed E-state index contributed by atoms with van der Waals surface area (Å²) in [6.07, 6.45) is 8.58. The molecule has 1 aliphatic heterocycles. The highest BCUT2D eigenvalue weighted by atomic mass is 16.4. The van der Waals surface area contributed by atoms with Crippen LogP contribution < -0.4 is 5.32 Å². The highest BCUT2D eigenvalue weighted by molar-refractivity contribution is 5.92. The summed E-state index contributed by atoms with van der Waals surface area (Å²) in [7, 11) is 0. The lowest BCUT2D eigenvalue weighted by atomic mass is 9.69. The molecule has 1 aromatic heterocycles. The van der Waals surface area contributed by atoms with Crippen LogP contribution in [-0.2, 0) is 5.41 Å². The first-order valence-electron chi connectivity index (χ1n) is 11.1. The van der Waals surface area contributed by atoms with Crippen LogP contribution in [0.15, 0.2) is 34.7 Å². The summed E-state index contributed by atoms with van der Waals surface area (Å²) in [5.41, 5.74) is 2.47. The van der Waals surface area contributed by atoms with Crippen molar-refractivity contribution in [3.05, 3.63) is 53.2 Å². The number of hydrogen-bond acceptors (Lipinski definition) is 4. The van der Waals surface area contributed by atoms with Gasteiger partial charge in [-0.25, -0.2) is 4.98 Å². The number of aryl methyl sites for hydroxylation is 2. The quantitative estimate of drug-likeness (QED) is 0.816. The van der Waals surface area contributed by atoms with Gasteiger partial charge in [-0.15, -0.1) is 0 Å². The maximum absolute atomic E-state index is 12.5. The Morgan fingerprint density at radius 2 is 1.83 bits per heavy atom. The summed E-state index contributed by atoms with van der Waals surface area (Å²) in [5, 5.41) is 3.16. The third-order valence-electron chi connectivity index (χ3n) is 6.76. The lowest BCUT2D eigenvalue weighted by Crippen LogP contribution is -2.49. The Morgan fingerprint density at radius 1 is 1.14 bits per heavy atom. The topological polar surface area (TPSA) is 58.4 Å². The Labute approximate surface area is 173 Å². The molecule has 1 saturated heterocycles. The van der Waals surface area contributed by atoms with E-state index < -0.39 is 0 Å². The first-order valence-corrected chi connectivity index (χ1v) is 11.1. The number of rotatable bonds is 5. The van der Waals surface area contributed by atoms with E-state index in [4.69, 9.17) is 4.42 Å². The van der Waals surface area contributed by atoms with E-state index in [1.165, 1.54) is 37.7 Å². The number of carbonyl (C=O) groups excluding carboxylic acids is 1.